The van der Waals surface area contributed by atoms with Crippen molar-refractivity contribution in [1.29, 1.82) is 0 Å². The van der Waals surface area contributed by atoms with Crippen molar-refractivity contribution in [1.82, 2.24) is 4.90 Å². The van der Waals surface area contributed by atoms with Crippen molar-refractivity contribution < 1.29 is 4.79 Å². The Kier molecular flexibility index (Phi) is 5.23. The molecule has 1 atom stereocenters. The molecule has 2 N–H and O–H groups in total. The Hall–Kier alpha value is -1.55. The van der Waals surface area contributed by atoms with Gasteiger partial charge in [-0.25, -0.2) is 0 Å². The van der Waals surface area contributed by atoms with E-state index in [1.807, 2.05) is 4.90 Å². The number of nitrogens with two attached hydrogens (primary N) is 1. The highest BCUT2D eigenvalue weighted by Crippen LogP contribution is 2.24. The first-order chi connectivity index (χ1) is 10.0. The molecular formula is C17H27N3O. The lowest BCUT2D eigenvalue weighted by Crippen LogP contribution is -2.53. The minimum absolute atomic E-state index is 0.109. The van der Waals surface area contributed by atoms with Crippen LogP contribution < -0.4 is 10.6 Å². The fraction of sp³-hybridized carbons (Fsp3) is 0.588. The predicted molar refractivity (Wildman–Crippen MR) is 87.6 cm³/mol. The van der Waals surface area contributed by atoms with Gasteiger partial charge in [0.1, 0.15) is 0 Å². The van der Waals surface area contributed by atoms with Crippen LogP contribution in [0, 0.1) is 13.8 Å². The second-order valence-corrected chi connectivity index (χ2v) is 5.93. The summed E-state index contributed by atoms with van der Waals surface area (Å²) in [6.07, 6.45) is 1.73. The molecule has 4 heteroatoms. The summed E-state index contributed by atoms with van der Waals surface area (Å²) in [5.41, 5.74) is 9.88. The van der Waals surface area contributed by atoms with Crippen molar-refractivity contribution in [3.8, 4) is 0 Å². The molecule has 1 saturated heterocycles. The van der Waals surface area contributed by atoms with E-state index in [1.165, 1.54) is 16.8 Å². The van der Waals surface area contributed by atoms with Gasteiger partial charge >= 0.3 is 0 Å². The normalized spacial score (nSPS) is 17.0. The van der Waals surface area contributed by atoms with Crippen LogP contribution in [0.5, 0.6) is 0 Å². The van der Waals surface area contributed by atoms with E-state index in [9.17, 15) is 4.79 Å². The smallest absolute Gasteiger partial charge is 0.239 e. The molecule has 1 aromatic rings. The SMILES string of the molecule is CCC[C@H](N)C(=O)N1CCN(c2cccc(C)c2C)CC1. The maximum atomic E-state index is 12.2. The second kappa shape index (κ2) is 6.94. The van der Waals surface area contributed by atoms with E-state index in [2.05, 4.69) is 43.9 Å². The van der Waals surface area contributed by atoms with Crippen molar-refractivity contribution in [3.63, 3.8) is 0 Å². The van der Waals surface area contributed by atoms with Crippen LogP contribution in [0.25, 0.3) is 0 Å². The van der Waals surface area contributed by atoms with Crippen molar-refractivity contribution in [2.45, 2.75) is 39.7 Å². The number of nitrogens with zero attached hydrogens (tertiary/aromatic N) is 2. The quantitative estimate of drug-likeness (QED) is 0.923. The molecule has 4 nitrogen and oxygen atoms in total. The third kappa shape index (κ3) is 3.56. The van der Waals surface area contributed by atoms with Crippen LogP contribution in [0.1, 0.15) is 30.9 Å². The fourth-order valence-corrected chi connectivity index (χ4v) is 2.91. The Balaban J connectivity index is 1.97. The number of aryl methyl sites for hydroxylation is 1. The summed E-state index contributed by atoms with van der Waals surface area (Å²) in [4.78, 5) is 16.5. The number of benzene rings is 1. The van der Waals surface area contributed by atoms with E-state index in [4.69, 9.17) is 5.73 Å². The Labute approximate surface area is 127 Å². The van der Waals surface area contributed by atoms with Gasteiger partial charge in [-0.2, -0.15) is 0 Å². The molecule has 0 spiro atoms. The zero-order valence-electron chi connectivity index (χ0n) is 13.4. The molecule has 0 saturated carbocycles. The summed E-state index contributed by atoms with van der Waals surface area (Å²) in [5, 5.41) is 0. The molecule has 0 unspecified atom stereocenters. The van der Waals surface area contributed by atoms with Crippen LogP contribution in [-0.2, 0) is 4.79 Å². The summed E-state index contributed by atoms with van der Waals surface area (Å²) in [6.45, 7) is 9.67. The van der Waals surface area contributed by atoms with Crippen LogP contribution in [0.3, 0.4) is 0 Å². The van der Waals surface area contributed by atoms with Crippen molar-refractivity contribution in [3.05, 3.63) is 29.3 Å². The van der Waals surface area contributed by atoms with Gasteiger partial charge < -0.3 is 15.5 Å². The largest absolute Gasteiger partial charge is 0.368 e. The van der Waals surface area contributed by atoms with Crippen LogP contribution in [0.2, 0.25) is 0 Å². The average Bonchev–Trinajstić information content (AvgIpc) is 2.50. The molecule has 1 aromatic carbocycles. The van der Waals surface area contributed by atoms with Crippen molar-refractivity contribution in [2.75, 3.05) is 31.1 Å². The van der Waals surface area contributed by atoms with Gasteiger partial charge in [0.2, 0.25) is 5.91 Å². The van der Waals surface area contributed by atoms with E-state index in [1.54, 1.807) is 0 Å². The monoisotopic (exact) mass is 289 g/mol. The first kappa shape index (κ1) is 15.8. The first-order valence-electron chi connectivity index (χ1n) is 7.90. The lowest BCUT2D eigenvalue weighted by Gasteiger charge is -2.38. The highest BCUT2D eigenvalue weighted by Gasteiger charge is 2.25. The molecule has 1 aliphatic rings. The minimum atomic E-state index is -0.331. The van der Waals surface area contributed by atoms with Gasteiger partial charge in [-0.05, 0) is 37.5 Å². The topological polar surface area (TPSA) is 49.6 Å². The van der Waals surface area contributed by atoms with E-state index in [0.29, 0.717) is 0 Å². The number of amides is 1. The number of rotatable bonds is 4. The van der Waals surface area contributed by atoms with Gasteiger partial charge in [0.25, 0.3) is 0 Å². The predicted octanol–water partition coefficient (Wildman–Crippen LogP) is 2.08. The summed E-state index contributed by atoms with van der Waals surface area (Å²) in [6, 6.07) is 6.08. The average molecular weight is 289 g/mol. The summed E-state index contributed by atoms with van der Waals surface area (Å²) in [7, 11) is 0. The summed E-state index contributed by atoms with van der Waals surface area (Å²) < 4.78 is 0. The number of hydrogen-bond donors (Lipinski definition) is 1. The van der Waals surface area contributed by atoms with E-state index < -0.39 is 0 Å². The Morgan fingerprint density at radius 3 is 2.52 bits per heavy atom. The van der Waals surface area contributed by atoms with Crippen LogP contribution >= 0.6 is 0 Å². The minimum Gasteiger partial charge on any atom is -0.368 e. The lowest BCUT2D eigenvalue weighted by atomic mass is 10.1. The lowest BCUT2D eigenvalue weighted by molar-refractivity contribution is -0.133. The fourth-order valence-electron chi connectivity index (χ4n) is 2.91. The van der Waals surface area contributed by atoms with Gasteiger partial charge in [-0.15, -0.1) is 0 Å². The number of anilines is 1. The molecule has 0 aliphatic carbocycles. The van der Waals surface area contributed by atoms with Crippen LogP contribution in [0.4, 0.5) is 5.69 Å². The second-order valence-electron chi connectivity index (χ2n) is 5.93. The Morgan fingerprint density at radius 1 is 1.24 bits per heavy atom. The van der Waals surface area contributed by atoms with Gasteiger partial charge in [-0.3, -0.25) is 4.79 Å². The zero-order chi connectivity index (χ0) is 15.4. The van der Waals surface area contributed by atoms with E-state index in [-0.39, 0.29) is 11.9 Å². The molecule has 1 fully saturated rings. The molecule has 1 amide bonds. The summed E-state index contributed by atoms with van der Waals surface area (Å²) in [5.74, 6) is 0.109. The first-order valence-corrected chi connectivity index (χ1v) is 7.90. The molecule has 0 aromatic heterocycles. The van der Waals surface area contributed by atoms with Crippen molar-refractivity contribution in [2.24, 2.45) is 5.73 Å². The molecule has 21 heavy (non-hydrogen) atoms. The standard InChI is InChI=1S/C17H27N3O/c1-4-6-15(18)17(21)20-11-9-19(10-12-20)16-8-5-7-13(2)14(16)3/h5,7-8,15H,4,6,9-12,18H2,1-3H3/t15-/m0/s1. The maximum absolute atomic E-state index is 12.2. The van der Waals surface area contributed by atoms with Crippen molar-refractivity contribution >= 4 is 11.6 Å². The molecule has 2 rings (SSSR count). The molecule has 1 heterocycles. The number of piperazine rings is 1. The number of carbonyl (C=O) groups excluding carboxylic acids is 1. The molecule has 0 radical (unpaired) electrons. The Morgan fingerprint density at radius 2 is 1.90 bits per heavy atom. The highest BCUT2D eigenvalue weighted by atomic mass is 16.2. The zero-order valence-corrected chi connectivity index (χ0v) is 13.4. The van der Waals surface area contributed by atoms with E-state index >= 15 is 0 Å². The van der Waals surface area contributed by atoms with Gasteiger partial charge in [0.15, 0.2) is 0 Å². The van der Waals surface area contributed by atoms with Gasteiger partial charge in [0.05, 0.1) is 6.04 Å². The van der Waals surface area contributed by atoms with E-state index in [0.717, 1.165) is 39.0 Å². The molecule has 116 valence electrons. The van der Waals surface area contributed by atoms with Crippen LogP contribution in [-0.4, -0.2) is 43.0 Å². The Bertz CT molecular complexity index is 493. The van der Waals surface area contributed by atoms with Gasteiger partial charge in [0, 0.05) is 31.9 Å². The molecule has 1 aliphatic heterocycles. The maximum Gasteiger partial charge on any atom is 0.239 e. The highest BCUT2D eigenvalue weighted by molar-refractivity contribution is 5.82. The van der Waals surface area contributed by atoms with Gasteiger partial charge in [-0.1, -0.05) is 25.5 Å². The van der Waals surface area contributed by atoms with Crippen LogP contribution in [0.15, 0.2) is 18.2 Å². The molecule has 0 bridgehead atoms. The third-order valence-electron chi connectivity index (χ3n) is 4.42. The number of hydrogen-bond acceptors (Lipinski definition) is 3. The summed E-state index contributed by atoms with van der Waals surface area (Å²) >= 11 is 0. The number of carbonyl (C=O) groups is 1. The molecular weight excluding hydrogens is 262 g/mol. The third-order valence-corrected chi connectivity index (χ3v) is 4.42.